The molecule has 2 heterocycles. The standard InChI is InChI=1S/C20H26N2O2/c1-19(2)9-14-10-20(3,11-19)12-22(14)18(23)17-7-13-5-6-15(24-4)8-16(13)21-17/h5-8,14,21H,9-12H2,1-4H3. The summed E-state index contributed by atoms with van der Waals surface area (Å²) in [5.41, 5.74) is 2.22. The number of likely N-dealkylation sites (tertiary alicyclic amines) is 1. The average molecular weight is 326 g/mol. The van der Waals surface area contributed by atoms with Gasteiger partial charge in [0.15, 0.2) is 0 Å². The van der Waals surface area contributed by atoms with Gasteiger partial charge in [0.25, 0.3) is 5.91 Å². The maximum atomic E-state index is 13.1. The number of carbonyl (C=O) groups is 1. The number of hydrogen-bond acceptors (Lipinski definition) is 2. The summed E-state index contributed by atoms with van der Waals surface area (Å²) in [6.45, 7) is 7.88. The van der Waals surface area contributed by atoms with Gasteiger partial charge in [0, 0.05) is 29.6 Å². The van der Waals surface area contributed by atoms with Gasteiger partial charge in [0.2, 0.25) is 0 Å². The van der Waals surface area contributed by atoms with Gasteiger partial charge in [-0.15, -0.1) is 0 Å². The third-order valence-corrected chi connectivity index (χ3v) is 5.74. The predicted molar refractivity (Wildman–Crippen MR) is 95.4 cm³/mol. The zero-order valence-corrected chi connectivity index (χ0v) is 15.0. The molecule has 2 fully saturated rings. The first kappa shape index (κ1) is 15.6. The molecule has 4 heteroatoms. The van der Waals surface area contributed by atoms with Crippen molar-refractivity contribution in [2.24, 2.45) is 10.8 Å². The molecule has 4 nitrogen and oxygen atoms in total. The van der Waals surface area contributed by atoms with Gasteiger partial charge in [0.05, 0.1) is 7.11 Å². The van der Waals surface area contributed by atoms with Crippen LogP contribution in [0.15, 0.2) is 24.3 Å². The molecule has 1 aliphatic heterocycles. The van der Waals surface area contributed by atoms with Crippen LogP contribution in [0.5, 0.6) is 5.75 Å². The van der Waals surface area contributed by atoms with Gasteiger partial charge >= 0.3 is 0 Å². The maximum Gasteiger partial charge on any atom is 0.270 e. The molecule has 1 saturated heterocycles. The van der Waals surface area contributed by atoms with Gasteiger partial charge in [-0.3, -0.25) is 4.79 Å². The third kappa shape index (κ3) is 2.48. The van der Waals surface area contributed by atoms with Crippen molar-refractivity contribution < 1.29 is 9.53 Å². The van der Waals surface area contributed by atoms with Gasteiger partial charge in [-0.05, 0) is 48.3 Å². The minimum atomic E-state index is 0.136. The lowest BCUT2D eigenvalue weighted by molar-refractivity contribution is 0.0703. The van der Waals surface area contributed by atoms with E-state index < -0.39 is 0 Å². The van der Waals surface area contributed by atoms with Crippen molar-refractivity contribution in [3.63, 3.8) is 0 Å². The first-order chi connectivity index (χ1) is 11.3. The molecule has 1 aromatic heterocycles. The van der Waals surface area contributed by atoms with Crippen LogP contribution in [-0.2, 0) is 0 Å². The van der Waals surface area contributed by atoms with E-state index in [1.807, 2.05) is 24.3 Å². The highest BCUT2D eigenvalue weighted by Gasteiger charge is 2.51. The molecule has 128 valence electrons. The van der Waals surface area contributed by atoms with Crippen LogP contribution in [0.2, 0.25) is 0 Å². The third-order valence-electron chi connectivity index (χ3n) is 5.74. The number of rotatable bonds is 2. The first-order valence-electron chi connectivity index (χ1n) is 8.76. The Labute approximate surface area is 143 Å². The quantitative estimate of drug-likeness (QED) is 0.898. The second kappa shape index (κ2) is 5.01. The fraction of sp³-hybridized carbons (Fsp3) is 0.550. The average Bonchev–Trinajstić information content (AvgIpc) is 3.02. The summed E-state index contributed by atoms with van der Waals surface area (Å²) in [6, 6.07) is 8.20. The number of hydrogen-bond donors (Lipinski definition) is 1. The molecule has 1 saturated carbocycles. The number of H-pyrrole nitrogens is 1. The highest BCUT2D eigenvalue weighted by molar-refractivity contribution is 5.98. The van der Waals surface area contributed by atoms with Crippen LogP contribution in [0, 0.1) is 10.8 Å². The molecule has 1 aliphatic carbocycles. The number of aromatic amines is 1. The van der Waals surface area contributed by atoms with E-state index in [0.717, 1.165) is 36.0 Å². The number of amides is 1. The second-order valence-corrected chi connectivity index (χ2v) is 8.78. The topological polar surface area (TPSA) is 45.3 Å². The van der Waals surface area contributed by atoms with Crippen LogP contribution in [0.25, 0.3) is 10.9 Å². The van der Waals surface area contributed by atoms with E-state index in [-0.39, 0.29) is 11.3 Å². The van der Waals surface area contributed by atoms with Crippen LogP contribution in [0.4, 0.5) is 0 Å². The van der Waals surface area contributed by atoms with Gasteiger partial charge in [-0.1, -0.05) is 20.8 Å². The molecule has 2 unspecified atom stereocenters. The lowest BCUT2D eigenvalue weighted by Gasteiger charge is -2.39. The zero-order chi connectivity index (χ0) is 17.1. The van der Waals surface area contributed by atoms with Crippen LogP contribution >= 0.6 is 0 Å². The molecule has 2 atom stereocenters. The van der Waals surface area contributed by atoms with Crippen LogP contribution in [0.1, 0.15) is 50.5 Å². The number of nitrogens with one attached hydrogen (secondary N) is 1. The molecular weight excluding hydrogens is 300 g/mol. The number of nitrogens with zero attached hydrogens (tertiary/aromatic N) is 1. The largest absolute Gasteiger partial charge is 0.497 e. The number of aromatic nitrogens is 1. The number of methoxy groups -OCH3 is 1. The summed E-state index contributed by atoms with van der Waals surface area (Å²) < 4.78 is 5.27. The van der Waals surface area contributed by atoms with Crippen LogP contribution < -0.4 is 4.74 Å². The summed E-state index contributed by atoms with van der Waals surface area (Å²) in [5, 5.41) is 1.05. The van der Waals surface area contributed by atoms with E-state index in [1.54, 1.807) is 7.11 Å². The van der Waals surface area contributed by atoms with E-state index in [4.69, 9.17) is 4.74 Å². The summed E-state index contributed by atoms with van der Waals surface area (Å²) in [7, 11) is 1.66. The summed E-state index contributed by atoms with van der Waals surface area (Å²) >= 11 is 0. The molecule has 2 aliphatic rings. The zero-order valence-electron chi connectivity index (χ0n) is 15.0. The Morgan fingerprint density at radius 3 is 2.79 bits per heavy atom. The molecule has 1 N–H and O–H groups in total. The minimum absolute atomic E-state index is 0.136. The molecule has 2 bridgehead atoms. The molecule has 1 aromatic carbocycles. The molecular formula is C20H26N2O2. The molecule has 0 radical (unpaired) electrons. The molecule has 2 aromatic rings. The summed E-state index contributed by atoms with van der Waals surface area (Å²) in [4.78, 5) is 18.5. The minimum Gasteiger partial charge on any atom is -0.497 e. The summed E-state index contributed by atoms with van der Waals surface area (Å²) in [5.74, 6) is 0.936. The Bertz CT molecular complexity index is 807. The number of carbonyl (C=O) groups excluding carboxylic acids is 1. The molecule has 0 spiro atoms. The van der Waals surface area contributed by atoms with Crippen molar-refractivity contribution in [1.29, 1.82) is 0 Å². The fourth-order valence-corrected chi connectivity index (χ4v) is 5.20. The Kier molecular flexibility index (Phi) is 3.25. The van der Waals surface area contributed by atoms with E-state index in [9.17, 15) is 4.79 Å². The Morgan fingerprint density at radius 1 is 1.25 bits per heavy atom. The molecule has 4 rings (SSSR count). The highest BCUT2D eigenvalue weighted by Crippen LogP contribution is 2.52. The van der Waals surface area contributed by atoms with Crippen molar-refractivity contribution >= 4 is 16.8 Å². The van der Waals surface area contributed by atoms with Gasteiger partial charge < -0.3 is 14.6 Å². The Balaban J connectivity index is 1.64. The summed E-state index contributed by atoms with van der Waals surface area (Å²) in [6.07, 6.45) is 3.43. The van der Waals surface area contributed by atoms with Gasteiger partial charge in [-0.25, -0.2) is 0 Å². The van der Waals surface area contributed by atoms with Gasteiger partial charge in [-0.2, -0.15) is 0 Å². The number of benzene rings is 1. The van der Waals surface area contributed by atoms with E-state index in [1.165, 1.54) is 6.42 Å². The van der Waals surface area contributed by atoms with E-state index in [0.29, 0.717) is 17.2 Å². The highest BCUT2D eigenvalue weighted by atomic mass is 16.5. The molecule has 1 amide bonds. The molecule has 24 heavy (non-hydrogen) atoms. The monoisotopic (exact) mass is 326 g/mol. The van der Waals surface area contributed by atoms with E-state index >= 15 is 0 Å². The van der Waals surface area contributed by atoms with Crippen LogP contribution in [0.3, 0.4) is 0 Å². The smallest absolute Gasteiger partial charge is 0.270 e. The van der Waals surface area contributed by atoms with Crippen molar-refractivity contribution in [3.05, 3.63) is 30.0 Å². The fourth-order valence-electron chi connectivity index (χ4n) is 5.20. The van der Waals surface area contributed by atoms with Crippen molar-refractivity contribution in [1.82, 2.24) is 9.88 Å². The Hall–Kier alpha value is -1.97. The van der Waals surface area contributed by atoms with E-state index in [2.05, 4.69) is 30.7 Å². The lowest BCUT2D eigenvalue weighted by atomic mass is 9.65. The van der Waals surface area contributed by atoms with Crippen LogP contribution in [-0.4, -0.2) is 35.5 Å². The lowest BCUT2D eigenvalue weighted by Crippen LogP contribution is -2.37. The second-order valence-electron chi connectivity index (χ2n) is 8.78. The van der Waals surface area contributed by atoms with Crippen molar-refractivity contribution in [3.8, 4) is 5.75 Å². The van der Waals surface area contributed by atoms with Crippen molar-refractivity contribution in [2.75, 3.05) is 13.7 Å². The first-order valence-corrected chi connectivity index (χ1v) is 8.76. The SMILES string of the molecule is COc1ccc2cc(C(=O)N3CC4(C)CC3CC(C)(C)C4)[nH]c2c1. The normalized spacial score (nSPS) is 28.3. The van der Waals surface area contributed by atoms with Crippen molar-refractivity contribution in [2.45, 2.75) is 46.1 Å². The Morgan fingerprint density at radius 2 is 2.04 bits per heavy atom. The predicted octanol–water partition coefficient (Wildman–Crippen LogP) is 4.22. The van der Waals surface area contributed by atoms with Gasteiger partial charge in [0.1, 0.15) is 11.4 Å². The number of ether oxygens (including phenoxy) is 1. The maximum absolute atomic E-state index is 13.1. The number of fused-ring (bicyclic) bond motifs is 3.